The van der Waals surface area contributed by atoms with Gasteiger partial charge in [0.15, 0.2) is 0 Å². The first-order valence-electron chi connectivity index (χ1n) is 8.10. The van der Waals surface area contributed by atoms with E-state index in [-0.39, 0.29) is 11.9 Å². The van der Waals surface area contributed by atoms with E-state index in [1.165, 1.54) is 0 Å². The van der Waals surface area contributed by atoms with Gasteiger partial charge in [0.2, 0.25) is 0 Å². The first-order valence-corrected chi connectivity index (χ1v) is 8.10. The van der Waals surface area contributed by atoms with Crippen LogP contribution in [0.3, 0.4) is 0 Å². The van der Waals surface area contributed by atoms with E-state index in [4.69, 9.17) is 4.74 Å². The second kappa shape index (κ2) is 6.84. The molecular weight excluding hydrogens is 290 g/mol. The molecule has 2 aromatic rings. The van der Waals surface area contributed by atoms with Crippen LogP contribution in [0.5, 0.6) is 0 Å². The van der Waals surface area contributed by atoms with Gasteiger partial charge in [0.25, 0.3) is 0 Å². The predicted molar refractivity (Wildman–Crippen MR) is 86.7 cm³/mol. The van der Waals surface area contributed by atoms with E-state index in [9.17, 15) is 10.1 Å². The third-order valence-electron chi connectivity index (χ3n) is 4.48. The maximum atomic E-state index is 11.8. The number of nitriles is 1. The van der Waals surface area contributed by atoms with E-state index in [1.807, 2.05) is 41.9 Å². The molecule has 3 rings (SSSR count). The topological polar surface area (TPSA) is 57.7 Å². The Balaban J connectivity index is 1.68. The number of carbonyl (C=O) groups is 1. The molecule has 1 fully saturated rings. The van der Waals surface area contributed by atoms with Gasteiger partial charge in [-0.15, -0.1) is 0 Å². The number of hydrogen-bond donors (Lipinski definition) is 0. The fraction of sp³-hybridized carbons (Fsp3) is 0.444. The molecule has 0 N–H and O–H groups in total. The van der Waals surface area contributed by atoms with Crippen LogP contribution < -0.4 is 0 Å². The standard InChI is InChI=1S/C18H21N3O2/c1-2-23-18(22)14-6-9-20(10-7-14)12-15-13-21-8-4-3-5-17(21)16(15)11-19/h3-5,8,13-14H,2,6-7,9-10,12H2,1H3. The minimum Gasteiger partial charge on any atom is -0.466 e. The fourth-order valence-electron chi connectivity index (χ4n) is 3.25. The maximum Gasteiger partial charge on any atom is 0.309 e. The number of esters is 1. The van der Waals surface area contributed by atoms with E-state index in [2.05, 4.69) is 11.0 Å². The van der Waals surface area contributed by atoms with Crippen molar-refractivity contribution in [1.82, 2.24) is 9.30 Å². The van der Waals surface area contributed by atoms with Crippen molar-refractivity contribution in [1.29, 1.82) is 5.26 Å². The lowest BCUT2D eigenvalue weighted by Gasteiger charge is -2.30. The van der Waals surface area contributed by atoms with Crippen LogP contribution in [0.25, 0.3) is 5.52 Å². The number of piperidine rings is 1. The lowest BCUT2D eigenvalue weighted by Crippen LogP contribution is -2.36. The van der Waals surface area contributed by atoms with Gasteiger partial charge in [0.1, 0.15) is 6.07 Å². The van der Waals surface area contributed by atoms with Gasteiger partial charge >= 0.3 is 5.97 Å². The van der Waals surface area contributed by atoms with Crippen molar-refractivity contribution >= 4 is 11.5 Å². The van der Waals surface area contributed by atoms with Crippen molar-refractivity contribution in [2.24, 2.45) is 5.92 Å². The molecule has 5 heteroatoms. The molecule has 5 nitrogen and oxygen atoms in total. The number of pyridine rings is 1. The Bertz CT molecular complexity index is 736. The smallest absolute Gasteiger partial charge is 0.309 e. The predicted octanol–water partition coefficient (Wildman–Crippen LogP) is 2.59. The Morgan fingerprint density at radius 1 is 1.39 bits per heavy atom. The Hall–Kier alpha value is -2.32. The fourth-order valence-corrected chi connectivity index (χ4v) is 3.25. The van der Waals surface area contributed by atoms with Gasteiger partial charge in [0.05, 0.1) is 23.6 Å². The van der Waals surface area contributed by atoms with E-state index in [1.54, 1.807) is 0 Å². The molecule has 1 aliphatic rings. The highest BCUT2D eigenvalue weighted by atomic mass is 16.5. The summed E-state index contributed by atoms with van der Waals surface area (Å²) in [6.07, 6.45) is 5.65. The Labute approximate surface area is 136 Å². The summed E-state index contributed by atoms with van der Waals surface area (Å²) in [6.45, 7) is 4.76. The van der Waals surface area contributed by atoms with Crippen LogP contribution in [0, 0.1) is 17.2 Å². The quantitative estimate of drug-likeness (QED) is 0.814. The average Bonchev–Trinajstić information content (AvgIpc) is 2.92. The van der Waals surface area contributed by atoms with Crippen molar-refractivity contribution in [3.63, 3.8) is 0 Å². The number of nitrogens with zero attached hydrogens (tertiary/aromatic N) is 3. The number of aromatic nitrogens is 1. The molecule has 1 saturated heterocycles. The van der Waals surface area contributed by atoms with Crippen LogP contribution in [0.4, 0.5) is 0 Å². The van der Waals surface area contributed by atoms with Crippen LogP contribution >= 0.6 is 0 Å². The van der Waals surface area contributed by atoms with E-state index in [0.717, 1.165) is 49.1 Å². The van der Waals surface area contributed by atoms with Crippen LogP contribution in [0.2, 0.25) is 0 Å². The van der Waals surface area contributed by atoms with Gasteiger partial charge in [-0.1, -0.05) is 6.07 Å². The first-order chi connectivity index (χ1) is 11.2. The average molecular weight is 311 g/mol. The van der Waals surface area contributed by atoms with Gasteiger partial charge in [-0.25, -0.2) is 0 Å². The highest BCUT2D eigenvalue weighted by Gasteiger charge is 2.26. The molecule has 0 aromatic carbocycles. The molecule has 0 atom stereocenters. The largest absolute Gasteiger partial charge is 0.466 e. The molecule has 2 aromatic heterocycles. The van der Waals surface area contributed by atoms with Gasteiger partial charge in [-0.2, -0.15) is 5.26 Å². The van der Waals surface area contributed by atoms with Gasteiger partial charge in [-0.3, -0.25) is 9.69 Å². The summed E-state index contributed by atoms with van der Waals surface area (Å²) in [5, 5.41) is 9.47. The molecule has 0 spiro atoms. The molecule has 3 heterocycles. The van der Waals surface area contributed by atoms with Crippen molar-refractivity contribution < 1.29 is 9.53 Å². The normalized spacial score (nSPS) is 16.3. The minimum absolute atomic E-state index is 0.0229. The summed E-state index contributed by atoms with van der Waals surface area (Å²) in [5.74, 6) is -0.0470. The van der Waals surface area contributed by atoms with Crippen LogP contribution in [-0.4, -0.2) is 35.0 Å². The zero-order chi connectivity index (χ0) is 16.2. The lowest BCUT2D eigenvalue weighted by atomic mass is 9.96. The monoisotopic (exact) mass is 311 g/mol. The van der Waals surface area contributed by atoms with Crippen molar-refractivity contribution in [3.05, 3.63) is 41.7 Å². The Kier molecular flexibility index (Phi) is 4.63. The lowest BCUT2D eigenvalue weighted by molar-refractivity contribution is -0.149. The number of likely N-dealkylation sites (tertiary alicyclic amines) is 1. The Morgan fingerprint density at radius 2 is 2.17 bits per heavy atom. The second-order valence-corrected chi connectivity index (χ2v) is 5.94. The van der Waals surface area contributed by atoms with Crippen LogP contribution in [0.1, 0.15) is 30.9 Å². The summed E-state index contributed by atoms with van der Waals surface area (Å²) in [6, 6.07) is 8.21. The second-order valence-electron chi connectivity index (χ2n) is 5.94. The molecule has 120 valence electrons. The van der Waals surface area contributed by atoms with Gasteiger partial charge in [0, 0.05) is 24.5 Å². The van der Waals surface area contributed by atoms with E-state index in [0.29, 0.717) is 6.61 Å². The number of rotatable bonds is 4. The van der Waals surface area contributed by atoms with Crippen LogP contribution in [0.15, 0.2) is 30.6 Å². The maximum absolute atomic E-state index is 11.8. The first kappa shape index (κ1) is 15.6. The zero-order valence-electron chi connectivity index (χ0n) is 13.4. The number of carbonyl (C=O) groups excluding carboxylic acids is 1. The van der Waals surface area contributed by atoms with Crippen molar-refractivity contribution in [3.8, 4) is 6.07 Å². The van der Waals surface area contributed by atoms with Crippen molar-refractivity contribution in [2.75, 3.05) is 19.7 Å². The van der Waals surface area contributed by atoms with Gasteiger partial charge < -0.3 is 9.14 Å². The summed E-state index contributed by atoms with van der Waals surface area (Å²) < 4.78 is 7.11. The summed E-state index contributed by atoms with van der Waals surface area (Å²) in [5.41, 5.74) is 2.75. The molecule has 1 aliphatic heterocycles. The summed E-state index contributed by atoms with van der Waals surface area (Å²) >= 11 is 0. The SMILES string of the molecule is CCOC(=O)C1CCN(Cc2cn3ccccc3c2C#N)CC1. The summed E-state index contributed by atoms with van der Waals surface area (Å²) in [4.78, 5) is 14.1. The third-order valence-corrected chi connectivity index (χ3v) is 4.48. The Morgan fingerprint density at radius 3 is 2.87 bits per heavy atom. The summed E-state index contributed by atoms with van der Waals surface area (Å²) in [7, 11) is 0. The molecular formula is C18H21N3O2. The molecule has 0 saturated carbocycles. The zero-order valence-corrected chi connectivity index (χ0v) is 13.4. The van der Waals surface area contributed by atoms with Crippen LogP contribution in [-0.2, 0) is 16.1 Å². The molecule has 0 amide bonds. The third kappa shape index (κ3) is 3.22. The molecule has 0 aliphatic carbocycles. The minimum atomic E-state index is -0.0699. The number of fused-ring (bicyclic) bond motifs is 1. The van der Waals surface area contributed by atoms with Gasteiger partial charge in [-0.05, 0) is 45.0 Å². The van der Waals surface area contributed by atoms with E-state index >= 15 is 0 Å². The molecule has 0 unspecified atom stereocenters. The van der Waals surface area contributed by atoms with Crippen molar-refractivity contribution in [2.45, 2.75) is 26.3 Å². The highest BCUT2D eigenvalue weighted by molar-refractivity contribution is 5.72. The number of ether oxygens (including phenoxy) is 1. The molecule has 0 radical (unpaired) electrons. The van der Waals surface area contributed by atoms with E-state index < -0.39 is 0 Å². The highest BCUT2D eigenvalue weighted by Crippen LogP contribution is 2.23. The molecule has 0 bridgehead atoms. The molecule has 23 heavy (non-hydrogen) atoms. The number of hydrogen-bond acceptors (Lipinski definition) is 4.